The lowest BCUT2D eigenvalue weighted by Crippen LogP contribution is -2.45. The number of ether oxygens (including phenoxy) is 2. The highest BCUT2D eigenvalue weighted by atomic mass is 16.6. The van der Waals surface area contributed by atoms with Gasteiger partial charge in [-0.15, -0.1) is 0 Å². The molecule has 0 aromatic rings. The molecule has 0 spiro atoms. The summed E-state index contributed by atoms with van der Waals surface area (Å²) in [4.78, 5) is 24.6. The molecule has 0 radical (unpaired) electrons. The number of rotatable bonds is 1. The number of hydrogen-bond acceptors (Lipinski definition) is 4. The Kier molecular flexibility index (Phi) is 5.17. The first-order chi connectivity index (χ1) is 8.69. The maximum Gasteiger partial charge on any atom is 0.410 e. The Labute approximate surface area is 113 Å². The molecule has 19 heavy (non-hydrogen) atoms. The van der Waals surface area contributed by atoms with E-state index in [1.807, 2.05) is 6.92 Å². The lowest BCUT2D eigenvalue weighted by Gasteiger charge is -2.32. The smallest absolute Gasteiger partial charge is 0.410 e. The van der Waals surface area contributed by atoms with Crippen molar-refractivity contribution in [1.29, 1.82) is 0 Å². The summed E-state index contributed by atoms with van der Waals surface area (Å²) < 4.78 is 10.7. The molecule has 6 heteroatoms. The lowest BCUT2D eigenvalue weighted by molar-refractivity contribution is -0.146. The van der Waals surface area contributed by atoms with Gasteiger partial charge in [0.1, 0.15) is 5.60 Å². The fraction of sp³-hybridized carbons (Fsp3) is 0.846. The largest absolute Gasteiger partial charge is 0.481 e. The quantitative estimate of drug-likeness (QED) is 0.787. The van der Waals surface area contributed by atoms with E-state index in [9.17, 15) is 9.59 Å². The number of carbonyl (C=O) groups is 2. The second-order valence-corrected chi connectivity index (χ2v) is 5.89. The number of aliphatic carboxylic acids is 1. The molecule has 1 N–H and O–H groups in total. The molecule has 1 aliphatic heterocycles. The fourth-order valence-corrected chi connectivity index (χ4v) is 1.75. The van der Waals surface area contributed by atoms with Gasteiger partial charge in [0.25, 0.3) is 0 Å². The summed E-state index contributed by atoms with van der Waals surface area (Å²) in [6.45, 7) is 7.92. The molecule has 1 aliphatic rings. The van der Waals surface area contributed by atoms with Crippen LogP contribution in [0, 0.1) is 5.92 Å². The second kappa shape index (κ2) is 6.23. The van der Waals surface area contributed by atoms with Crippen LogP contribution in [0.5, 0.6) is 0 Å². The Morgan fingerprint density at radius 2 is 2.00 bits per heavy atom. The van der Waals surface area contributed by atoms with Crippen LogP contribution in [0.3, 0.4) is 0 Å². The van der Waals surface area contributed by atoms with Crippen molar-refractivity contribution in [1.82, 2.24) is 4.90 Å². The molecule has 0 aliphatic carbocycles. The van der Waals surface area contributed by atoms with Gasteiger partial charge in [0.05, 0.1) is 18.6 Å². The Morgan fingerprint density at radius 1 is 1.37 bits per heavy atom. The van der Waals surface area contributed by atoms with Crippen molar-refractivity contribution < 1.29 is 24.2 Å². The molecule has 110 valence electrons. The highest BCUT2D eigenvalue weighted by molar-refractivity contribution is 5.73. The van der Waals surface area contributed by atoms with Crippen LogP contribution < -0.4 is 0 Å². The van der Waals surface area contributed by atoms with E-state index in [0.29, 0.717) is 13.0 Å². The van der Waals surface area contributed by atoms with E-state index >= 15 is 0 Å². The van der Waals surface area contributed by atoms with Crippen molar-refractivity contribution in [3.8, 4) is 0 Å². The number of nitrogens with zero attached hydrogens (tertiary/aromatic N) is 1. The number of carbonyl (C=O) groups excluding carboxylic acids is 1. The maximum absolute atomic E-state index is 12.0. The van der Waals surface area contributed by atoms with Crippen molar-refractivity contribution in [3.63, 3.8) is 0 Å². The Balaban J connectivity index is 2.72. The summed E-state index contributed by atoms with van der Waals surface area (Å²) in [5.41, 5.74) is -0.583. The van der Waals surface area contributed by atoms with Gasteiger partial charge in [-0.3, -0.25) is 4.79 Å². The third-order valence-corrected chi connectivity index (χ3v) is 2.83. The molecule has 1 amide bonds. The summed E-state index contributed by atoms with van der Waals surface area (Å²) in [6.07, 6.45) is 0.144. The van der Waals surface area contributed by atoms with Gasteiger partial charge in [0.15, 0.2) is 0 Å². The van der Waals surface area contributed by atoms with E-state index in [0.717, 1.165) is 0 Å². The van der Waals surface area contributed by atoms with Crippen LogP contribution in [0.2, 0.25) is 0 Å². The van der Waals surface area contributed by atoms with Gasteiger partial charge in [-0.1, -0.05) is 0 Å². The highest BCUT2D eigenvalue weighted by Gasteiger charge is 2.30. The second-order valence-electron chi connectivity index (χ2n) is 5.89. The molecule has 2 unspecified atom stereocenters. The van der Waals surface area contributed by atoms with Crippen LogP contribution in [0.15, 0.2) is 0 Å². The third-order valence-electron chi connectivity index (χ3n) is 2.83. The van der Waals surface area contributed by atoms with Crippen LogP contribution in [0.25, 0.3) is 0 Å². The Bertz CT molecular complexity index is 336. The fourth-order valence-electron chi connectivity index (χ4n) is 1.75. The molecular formula is C13H23NO5. The molecule has 2 atom stereocenters. The van der Waals surface area contributed by atoms with Gasteiger partial charge in [-0.2, -0.15) is 0 Å². The van der Waals surface area contributed by atoms with Crippen LogP contribution in [-0.4, -0.2) is 53.5 Å². The van der Waals surface area contributed by atoms with Gasteiger partial charge in [0.2, 0.25) is 0 Å². The average molecular weight is 273 g/mol. The molecule has 6 nitrogen and oxygen atoms in total. The molecule has 1 heterocycles. The molecule has 0 saturated carbocycles. The first-order valence-corrected chi connectivity index (χ1v) is 6.51. The number of carboxylic acid groups (broad SMARTS) is 1. The van der Waals surface area contributed by atoms with E-state index in [1.165, 1.54) is 4.90 Å². The van der Waals surface area contributed by atoms with Gasteiger partial charge in [-0.25, -0.2) is 4.79 Å². The van der Waals surface area contributed by atoms with Crippen LogP contribution in [0.4, 0.5) is 4.79 Å². The molecule has 0 aromatic heterocycles. The Morgan fingerprint density at radius 3 is 2.53 bits per heavy atom. The van der Waals surface area contributed by atoms with Crippen molar-refractivity contribution in [2.24, 2.45) is 5.92 Å². The minimum Gasteiger partial charge on any atom is -0.481 e. The van der Waals surface area contributed by atoms with E-state index < -0.39 is 23.6 Å². The minimum absolute atomic E-state index is 0.0629. The van der Waals surface area contributed by atoms with Gasteiger partial charge in [0, 0.05) is 13.1 Å². The number of hydrogen-bond donors (Lipinski definition) is 1. The van der Waals surface area contributed by atoms with E-state index in [4.69, 9.17) is 14.6 Å². The molecule has 1 saturated heterocycles. The summed E-state index contributed by atoms with van der Waals surface area (Å²) in [5.74, 6) is -1.67. The number of amides is 1. The normalized spacial score (nSPS) is 25.4. The molecule has 1 rings (SSSR count). The van der Waals surface area contributed by atoms with Crippen LogP contribution in [-0.2, 0) is 14.3 Å². The molecule has 0 aromatic carbocycles. The first kappa shape index (κ1) is 15.8. The van der Waals surface area contributed by atoms with Gasteiger partial charge in [-0.05, 0) is 34.1 Å². The topological polar surface area (TPSA) is 76.1 Å². The van der Waals surface area contributed by atoms with Crippen molar-refractivity contribution in [2.75, 3.05) is 19.7 Å². The van der Waals surface area contributed by atoms with Crippen molar-refractivity contribution in [3.05, 3.63) is 0 Å². The first-order valence-electron chi connectivity index (χ1n) is 6.51. The van der Waals surface area contributed by atoms with Crippen LogP contribution in [0.1, 0.15) is 34.1 Å². The third kappa shape index (κ3) is 5.46. The average Bonchev–Trinajstić information content (AvgIpc) is 2.21. The van der Waals surface area contributed by atoms with Gasteiger partial charge >= 0.3 is 12.1 Å². The van der Waals surface area contributed by atoms with E-state index in [2.05, 4.69) is 0 Å². The lowest BCUT2D eigenvalue weighted by atomic mass is 10.1. The summed E-state index contributed by atoms with van der Waals surface area (Å²) >= 11 is 0. The van der Waals surface area contributed by atoms with Crippen molar-refractivity contribution >= 4 is 12.1 Å². The predicted molar refractivity (Wildman–Crippen MR) is 69.0 cm³/mol. The SMILES string of the molecule is CC1CCN(C(=O)OC(C)(C)C)CC(C(=O)O)CO1. The van der Waals surface area contributed by atoms with Gasteiger partial charge < -0.3 is 19.5 Å². The van der Waals surface area contributed by atoms with Crippen molar-refractivity contribution in [2.45, 2.75) is 45.8 Å². The molecule has 1 fully saturated rings. The summed E-state index contributed by atoms with van der Waals surface area (Å²) in [6, 6.07) is 0. The standard InChI is InChI=1S/C13H23NO5/c1-9-5-6-14(12(17)19-13(2,3)4)7-10(8-18-9)11(15)16/h9-10H,5-8H2,1-4H3,(H,15,16). The maximum atomic E-state index is 12.0. The molecule has 0 bridgehead atoms. The molecular weight excluding hydrogens is 250 g/mol. The highest BCUT2D eigenvalue weighted by Crippen LogP contribution is 2.16. The zero-order chi connectivity index (χ0) is 14.6. The Hall–Kier alpha value is -1.30. The minimum atomic E-state index is -0.956. The van der Waals surface area contributed by atoms with E-state index in [-0.39, 0.29) is 19.3 Å². The summed E-state index contributed by atoms with van der Waals surface area (Å²) in [5, 5.41) is 9.11. The zero-order valence-corrected chi connectivity index (χ0v) is 12.0. The predicted octanol–water partition coefficient (Wildman–Crippen LogP) is 1.73. The van der Waals surface area contributed by atoms with Crippen LogP contribution >= 0.6 is 0 Å². The van der Waals surface area contributed by atoms with E-state index in [1.54, 1.807) is 20.8 Å². The number of carboxylic acids is 1. The summed E-state index contributed by atoms with van der Waals surface area (Å²) in [7, 11) is 0. The zero-order valence-electron chi connectivity index (χ0n) is 12.0. The monoisotopic (exact) mass is 273 g/mol.